The van der Waals surface area contributed by atoms with Crippen LogP contribution in [-0.4, -0.2) is 60.9 Å². The number of hydrogen-bond acceptors (Lipinski definition) is 2. The van der Waals surface area contributed by atoms with Crippen molar-refractivity contribution in [2.75, 3.05) is 39.3 Å². The number of hydrogen-bond donors (Lipinski definition) is 1. The fraction of sp³-hybridized carbons (Fsp3) is 0.895. The molecule has 2 fully saturated rings. The zero-order chi connectivity index (χ0) is 17.5. The second-order valence-corrected chi connectivity index (χ2v) is 7.92. The molecular formula is C19H37IN4O. The maximum absolute atomic E-state index is 12.4. The molecule has 3 atom stereocenters. The Morgan fingerprint density at radius 2 is 1.72 bits per heavy atom. The first-order valence-corrected chi connectivity index (χ1v) is 9.80. The molecule has 2 saturated heterocycles. The number of piperidine rings is 2. The highest BCUT2D eigenvalue weighted by molar-refractivity contribution is 14.0. The van der Waals surface area contributed by atoms with Crippen molar-refractivity contribution in [1.82, 2.24) is 15.1 Å². The number of guanidine groups is 1. The first-order valence-electron chi connectivity index (χ1n) is 9.80. The maximum atomic E-state index is 12.4. The number of amides is 1. The first-order chi connectivity index (χ1) is 11.5. The van der Waals surface area contributed by atoms with Gasteiger partial charge in [0.1, 0.15) is 0 Å². The van der Waals surface area contributed by atoms with Crippen LogP contribution in [0.3, 0.4) is 0 Å². The van der Waals surface area contributed by atoms with E-state index in [4.69, 9.17) is 4.99 Å². The fourth-order valence-electron chi connectivity index (χ4n) is 4.09. The van der Waals surface area contributed by atoms with Gasteiger partial charge in [-0.3, -0.25) is 9.79 Å². The summed E-state index contributed by atoms with van der Waals surface area (Å²) in [7, 11) is 0. The Balaban J connectivity index is 0.00000312. The predicted octanol–water partition coefficient (Wildman–Crippen LogP) is 3.20. The summed E-state index contributed by atoms with van der Waals surface area (Å²) >= 11 is 0. The van der Waals surface area contributed by atoms with Gasteiger partial charge >= 0.3 is 0 Å². The second kappa shape index (κ2) is 11.2. The van der Waals surface area contributed by atoms with Crippen LogP contribution >= 0.6 is 24.0 Å². The Kier molecular flexibility index (Phi) is 10.1. The molecule has 0 aromatic heterocycles. The number of nitrogens with one attached hydrogen (secondary N) is 1. The normalized spacial score (nSPS) is 27.7. The highest BCUT2D eigenvalue weighted by Gasteiger charge is 2.24. The van der Waals surface area contributed by atoms with E-state index >= 15 is 0 Å². The second-order valence-electron chi connectivity index (χ2n) is 7.92. The lowest BCUT2D eigenvalue weighted by Gasteiger charge is -2.37. The van der Waals surface area contributed by atoms with Gasteiger partial charge in [0.2, 0.25) is 5.91 Å². The number of halogens is 1. The standard InChI is InChI=1S/C19H36N4O.HI/c1-5-20-19(23-13-16(3)11-17(4)14-23)21-9-8-18(24)22-10-6-7-15(2)12-22;/h15-17H,5-14H2,1-4H3,(H,20,21);1H. The topological polar surface area (TPSA) is 47.9 Å². The highest BCUT2D eigenvalue weighted by atomic mass is 127. The summed E-state index contributed by atoms with van der Waals surface area (Å²) in [6, 6.07) is 0. The van der Waals surface area contributed by atoms with Crippen LogP contribution in [0.4, 0.5) is 0 Å². The van der Waals surface area contributed by atoms with Crippen molar-refractivity contribution in [3.05, 3.63) is 0 Å². The molecule has 3 unspecified atom stereocenters. The van der Waals surface area contributed by atoms with Gasteiger partial charge in [-0.25, -0.2) is 0 Å². The molecule has 0 aromatic rings. The van der Waals surface area contributed by atoms with E-state index in [1.807, 2.05) is 4.90 Å². The van der Waals surface area contributed by atoms with E-state index in [0.29, 0.717) is 30.7 Å². The van der Waals surface area contributed by atoms with Crippen LogP contribution in [0.5, 0.6) is 0 Å². The van der Waals surface area contributed by atoms with Crippen molar-refractivity contribution in [2.24, 2.45) is 22.7 Å². The Bertz CT molecular complexity index is 433. The molecule has 2 aliphatic heterocycles. The molecule has 1 amide bonds. The summed E-state index contributed by atoms with van der Waals surface area (Å²) < 4.78 is 0. The summed E-state index contributed by atoms with van der Waals surface area (Å²) in [4.78, 5) is 21.5. The fourth-order valence-corrected chi connectivity index (χ4v) is 4.09. The van der Waals surface area contributed by atoms with E-state index in [2.05, 4.69) is 37.9 Å². The van der Waals surface area contributed by atoms with Gasteiger partial charge in [-0.05, 0) is 43.9 Å². The molecule has 25 heavy (non-hydrogen) atoms. The van der Waals surface area contributed by atoms with Gasteiger partial charge in [-0.2, -0.15) is 0 Å². The van der Waals surface area contributed by atoms with E-state index in [1.165, 1.54) is 12.8 Å². The van der Waals surface area contributed by atoms with E-state index in [1.54, 1.807) is 0 Å². The summed E-state index contributed by atoms with van der Waals surface area (Å²) in [5.74, 6) is 3.29. The minimum Gasteiger partial charge on any atom is -0.357 e. The van der Waals surface area contributed by atoms with Gasteiger partial charge in [0, 0.05) is 39.1 Å². The van der Waals surface area contributed by atoms with Crippen molar-refractivity contribution in [1.29, 1.82) is 0 Å². The summed E-state index contributed by atoms with van der Waals surface area (Å²) in [5, 5.41) is 3.40. The van der Waals surface area contributed by atoms with Crippen molar-refractivity contribution in [2.45, 2.75) is 53.4 Å². The maximum Gasteiger partial charge on any atom is 0.224 e. The van der Waals surface area contributed by atoms with E-state index < -0.39 is 0 Å². The number of likely N-dealkylation sites (tertiary alicyclic amines) is 2. The number of aliphatic imine (C=N–C) groups is 1. The first kappa shape index (κ1) is 22.5. The Hall–Kier alpha value is -0.530. The quantitative estimate of drug-likeness (QED) is 0.395. The SMILES string of the molecule is CCNC(=NCCC(=O)N1CCCC(C)C1)N1CC(C)CC(C)C1.I. The number of carbonyl (C=O) groups excluding carboxylic acids is 1. The minimum absolute atomic E-state index is 0. The molecule has 0 bridgehead atoms. The van der Waals surface area contributed by atoms with Crippen LogP contribution in [0.1, 0.15) is 53.4 Å². The zero-order valence-electron chi connectivity index (χ0n) is 16.5. The van der Waals surface area contributed by atoms with Crippen molar-refractivity contribution in [3.8, 4) is 0 Å². The largest absolute Gasteiger partial charge is 0.357 e. The van der Waals surface area contributed by atoms with Crippen LogP contribution in [0, 0.1) is 17.8 Å². The van der Waals surface area contributed by atoms with Crippen LogP contribution in [0.15, 0.2) is 4.99 Å². The van der Waals surface area contributed by atoms with Gasteiger partial charge < -0.3 is 15.1 Å². The van der Waals surface area contributed by atoms with Gasteiger partial charge in [-0.1, -0.05) is 20.8 Å². The summed E-state index contributed by atoms with van der Waals surface area (Å²) in [6.45, 7) is 14.4. The van der Waals surface area contributed by atoms with Crippen molar-refractivity contribution in [3.63, 3.8) is 0 Å². The lowest BCUT2D eigenvalue weighted by atomic mass is 9.92. The van der Waals surface area contributed by atoms with Gasteiger partial charge in [0.05, 0.1) is 6.54 Å². The lowest BCUT2D eigenvalue weighted by molar-refractivity contribution is -0.132. The molecule has 6 heteroatoms. The highest BCUT2D eigenvalue weighted by Crippen LogP contribution is 2.21. The molecule has 0 aliphatic carbocycles. The lowest BCUT2D eigenvalue weighted by Crippen LogP contribution is -2.48. The molecule has 5 nitrogen and oxygen atoms in total. The smallest absolute Gasteiger partial charge is 0.224 e. The minimum atomic E-state index is 0. The van der Waals surface area contributed by atoms with Crippen LogP contribution in [0.25, 0.3) is 0 Å². The van der Waals surface area contributed by atoms with E-state index in [0.717, 1.165) is 45.1 Å². The molecule has 0 radical (unpaired) electrons. The summed E-state index contributed by atoms with van der Waals surface area (Å²) in [6.07, 6.45) is 4.21. The average molecular weight is 464 g/mol. The van der Waals surface area contributed by atoms with Crippen LogP contribution < -0.4 is 5.32 Å². The molecule has 0 saturated carbocycles. The number of carbonyl (C=O) groups is 1. The van der Waals surface area contributed by atoms with E-state index in [9.17, 15) is 4.79 Å². The Morgan fingerprint density at radius 1 is 1.08 bits per heavy atom. The average Bonchev–Trinajstić information content (AvgIpc) is 2.53. The Labute approximate surface area is 171 Å². The predicted molar refractivity (Wildman–Crippen MR) is 116 cm³/mol. The molecular weight excluding hydrogens is 427 g/mol. The van der Waals surface area contributed by atoms with Crippen LogP contribution in [-0.2, 0) is 4.79 Å². The zero-order valence-corrected chi connectivity index (χ0v) is 18.8. The van der Waals surface area contributed by atoms with Crippen molar-refractivity contribution < 1.29 is 4.79 Å². The van der Waals surface area contributed by atoms with Crippen LogP contribution in [0.2, 0.25) is 0 Å². The van der Waals surface area contributed by atoms with Crippen molar-refractivity contribution >= 4 is 35.8 Å². The third-order valence-electron chi connectivity index (χ3n) is 5.10. The molecule has 1 N–H and O–H groups in total. The molecule has 2 heterocycles. The number of nitrogens with zero attached hydrogens (tertiary/aromatic N) is 3. The third-order valence-corrected chi connectivity index (χ3v) is 5.10. The van der Waals surface area contributed by atoms with Gasteiger partial charge in [0.25, 0.3) is 0 Å². The van der Waals surface area contributed by atoms with Gasteiger partial charge in [-0.15, -0.1) is 24.0 Å². The monoisotopic (exact) mass is 464 g/mol. The Morgan fingerprint density at radius 3 is 2.32 bits per heavy atom. The molecule has 2 rings (SSSR count). The molecule has 0 spiro atoms. The van der Waals surface area contributed by atoms with E-state index in [-0.39, 0.29) is 29.9 Å². The molecule has 2 aliphatic rings. The third kappa shape index (κ3) is 7.31. The number of rotatable bonds is 4. The molecule has 0 aromatic carbocycles. The molecule has 146 valence electrons. The van der Waals surface area contributed by atoms with Gasteiger partial charge in [0.15, 0.2) is 5.96 Å². The summed E-state index contributed by atoms with van der Waals surface area (Å²) in [5.41, 5.74) is 0.